The molecule has 0 radical (unpaired) electrons. The zero-order valence-electron chi connectivity index (χ0n) is 10.1. The van der Waals surface area contributed by atoms with Crippen LogP contribution >= 0.6 is 0 Å². The molecule has 1 aromatic heterocycles. The Kier molecular flexibility index (Phi) is 4.71. The highest BCUT2D eigenvalue weighted by Gasteiger charge is 2.04. The van der Waals surface area contributed by atoms with E-state index in [2.05, 4.69) is 30.5 Å². The molecule has 0 fully saturated rings. The van der Waals surface area contributed by atoms with Crippen LogP contribution in [0.2, 0.25) is 0 Å². The molecule has 0 amide bonds. The van der Waals surface area contributed by atoms with Gasteiger partial charge in [0.15, 0.2) is 0 Å². The Morgan fingerprint density at radius 1 is 1.19 bits per heavy atom. The standard InChI is InChI=1S/C9H18N6O/c1-10-7-12-8(11-5-6-15(2)3)14-9(13-7)16-4/h5-6H2,1-4H3,(H2,10,11,12,13,14). The van der Waals surface area contributed by atoms with Gasteiger partial charge in [-0.05, 0) is 14.1 Å². The van der Waals surface area contributed by atoms with Crippen LogP contribution in [0.25, 0.3) is 0 Å². The van der Waals surface area contributed by atoms with Gasteiger partial charge < -0.3 is 20.3 Å². The topological polar surface area (TPSA) is 75.2 Å². The van der Waals surface area contributed by atoms with Crippen molar-refractivity contribution in [1.29, 1.82) is 0 Å². The molecule has 0 bridgehead atoms. The summed E-state index contributed by atoms with van der Waals surface area (Å²) >= 11 is 0. The first-order valence-electron chi connectivity index (χ1n) is 5.02. The number of ether oxygens (including phenoxy) is 1. The Labute approximate surface area is 95.3 Å². The van der Waals surface area contributed by atoms with Crippen LogP contribution < -0.4 is 15.4 Å². The molecule has 0 aliphatic rings. The molecule has 1 aromatic rings. The van der Waals surface area contributed by atoms with E-state index in [0.29, 0.717) is 17.9 Å². The van der Waals surface area contributed by atoms with Gasteiger partial charge in [-0.1, -0.05) is 0 Å². The van der Waals surface area contributed by atoms with Gasteiger partial charge in [0.1, 0.15) is 0 Å². The van der Waals surface area contributed by atoms with Gasteiger partial charge in [0.25, 0.3) is 0 Å². The Hall–Kier alpha value is -1.63. The molecule has 0 saturated carbocycles. The van der Waals surface area contributed by atoms with E-state index in [-0.39, 0.29) is 0 Å². The SMILES string of the molecule is CNc1nc(NCCN(C)C)nc(OC)n1. The Morgan fingerprint density at radius 3 is 2.44 bits per heavy atom. The fourth-order valence-corrected chi connectivity index (χ4v) is 1.03. The summed E-state index contributed by atoms with van der Waals surface area (Å²) in [6.45, 7) is 1.67. The number of rotatable bonds is 6. The minimum atomic E-state index is 0.298. The maximum atomic E-state index is 4.97. The van der Waals surface area contributed by atoms with E-state index in [1.54, 1.807) is 7.05 Å². The molecular weight excluding hydrogens is 208 g/mol. The number of hydrogen-bond acceptors (Lipinski definition) is 7. The second kappa shape index (κ2) is 6.06. The van der Waals surface area contributed by atoms with Crippen molar-refractivity contribution in [2.75, 3.05) is 52.0 Å². The second-order valence-corrected chi connectivity index (χ2v) is 3.45. The highest BCUT2D eigenvalue weighted by molar-refractivity contribution is 5.35. The first-order chi connectivity index (χ1) is 7.65. The van der Waals surface area contributed by atoms with Crippen LogP contribution in [0.15, 0.2) is 0 Å². The van der Waals surface area contributed by atoms with Crippen LogP contribution in [0.5, 0.6) is 6.01 Å². The third kappa shape index (κ3) is 3.85. The quantitative estimate of drug-likeness (QED) is 0.701. The van der Waals surface area contributed by atoms with Crippen molar-refractivity contribution in [3.8, 4) is 6.01 Å². The molecule has 0 atom stereocenters. The molecule has 0 aliphatic carbocycles. The molecule has 0 saturated heterocycles. The molecule has 16 heavy (non-hydrogen) atoms. The summed E-state index contributed by atoms with van der Waals surface area (Å²) in [5.74, 6) is 0.997. The van der Waals surface area contributed by atoms with Gasteiger partial charge in [0.2, 0.25) is 11.9 Å². The number of hydrogen-bond donors (Lipinski definition) is 2. The predicted octanol–water partition coefficient (Wildman–Crippen LogP) is -0.105. The average Bonchev–Trinajstić information content (AvgIpc) is 2.28. The van der Waals surface area contributed by atoms with Crippen molar-refractivity contribution in [2.24, 2.45) is 0 Å². The number of aromatic nitrogens is 3. The highest BCUT2D eigenvalue weighted by atomic mass is 16.5. The molecule has 0 aromatic carbocycles. The van der Waals surface area contributed by atoms with Crippen molar-refractivity contribution >= 4 is 11.9 Å². The number of anilines is 2. The van der Waals surface area contributed by atoms with E-state index < -0.39 is 0 Å². The van der Waals surface area contributed by atoms with Crippen LogP contribution in [0.4, 0.5) is 11.9 Å². The number of nitrogens with zero attached hydrogens (tertiary/aromatic N) is 4. The van der Waals surface area contributed by atoms with E-state index in [9.17, 15) is 0 Å². The third-order valence-electron chi connectivity index (χ3n) is 1.86. The van der Waals surface area contributed by atoms with E-state index in [1.165, 1.54) is 7.11 Å². The molecule has 1 rings (SSSR count). The number of likely N-dealkylation sites (N-methyl/N-ethyl adjacent to an activating group) is 1. The average molecular weight is 226 g/mol. The summed E-state index contributed by atoms with van der Waals surface area (Å²) in [4.78, 5) is 14.3. The minimum absolute atomic E-state index is 0.298. The zero-order valence-corrected chi connectivity index (χ0v) is 10.1. The normalized spacial score (nSPS) is 10.3. The molecule has 0 aliphatic heterocycles. The maximum Gasteiger partial charge on any atom is 0.322 e. The summed E-state index contributed by atoms with van der Waals surface area (Å²) in [6.07, 6.45) is 0. The van der Waals surface area contributed by atoms with E-state index in [1.807, 2.05) is 14.1 Å². The van der Waals surface area contributed by atoms with Crippen molar-refractivity contribution in [1.82, 2.24) is 19.9 Å². The third-order valence-corrected chi connectivity index (χ3v) is 1.86. The Morgan fingerprint density at radius 2 is 1.88 bits per heavy atom. The van der Waals surface area contributed by atoms with Crippen LogP contribution in [0, 0.1) is 0 Å². The predicted molar refractivity (Wildman–Crippen MR) is 63.0 cm³/mol. The second-order valence-electron chi connectivity index (χ2n) is 3.45. The lowest BCUT2D eigenvalue weighted by Crippen LogP contribution is -2.21. The highest BCUT2D eigenvalue weighted by Crippen LogP contribution is 2.09. The largest absolute Gasteiger partial charge is 0.467 e. The van der Waals surface area contributed by atoms with Crippen LogP contribution in [0.1, 0.15) is 0 Å². The summed E-state index contributed by atoms with van der Waals surface area (Å²) in [6, 6.07) is 0.298. The molecule has 1 heterocycles. The fourth-order valence-electron chi connectivity index (χ4n) is 1.03. The molecule has 7 heteroatoms. The first-order valence-corrected chi connectivity index (χ1v) is 5.02. The van der Waals surface area contributed by atoms with Gasteiger partial charge >= 0.3 is 6.01 Å². The van der Waals surface area contributed by atoms with Crippen molar-refractivity contribution in [2.45, 2.75) is 0 Å². The number of methoxy groups -OCH3 is 1. The van der Waals surface area contributed by atoms with Crippen molar-refractivity contribution in [3.05, 3.63) is 0 Å². The van der Waals surface area contributed by atoms with Gasteiger partial charge in [-0.3, -0.25) is 0 Å². The summed E-state index contributed by atoms with van der Waals surface area (Å²) in [7, 11) is 7.29. The minimum Gasteiger partial charge on any atom is -0.467 e. The maximum absolute atomic E-state index is 4.97. The monoisotopic (exact) mass is 226 g/mol. The van der Waals surface area contributed by atoms with Gasteiger partial charge in [0.05, 0.1) is 7.11 Å². The Bertz CT molecular complexity index is 308. The lowest BCUT2D eigenvalue weighted by atomic mass is 10.6. The lowest BCUT2D eigenvalue weighted by Gasteiger charge is -2.11. The number of nitrogens with one attached hydrogen (secondary N) is 2. The molecular formula is C9H18N6O. The smallest absolute Gasteiger partial charge is 0.322 e. The Balaban J connectivity index is 2.64. The fraction of sp³-hybridized carbons (Fsp3) is 0.667. The summed E-state index contributed by atoms with van der Waals surface area (Å²) in [5.41, 5.74) is 0. The van der Waals surface area contributed by atoms with E-state index in [0.717, 1.165) is 13.1 Å². The molecule has 90 valence electrons. The van der Waals surface area contributed by atoms with Crippen molar-refractivity contribution < 1.29 is 4.74 Å². The summed E-state index contributed by atoms with van der Waals surface area (Å²) in [5, 5.41) is 5.95. The van der Waals surface area contributed by atoms with Gasteiger partial charge in [0, 0.05) is 20.1 Å². The van der Waals surface area contributed by atoms with Crippen LogP contribution in [0.3, 0.4) is 0 Å². The van der Waals surface area contributed by atoms with Crippen LogP contribution in [-0.4, -0.2) is 61.2 Å². The first kappa shape index (κ1) is 12.4. The van der Waals surface area contributed by atoms with E-state index in [4.69, 9.17) is 4.74 Å². The van der Waals surface area contributed by atoms with Crippen molar-refractivity contribution in [3.63, 3.8) is 0 Å². The van der Waals surface area contributed by atoms with Crippen LogP contribution in [-0.2, 0) is 0 Å². The zero-order chi connectivity index (χ0) is 12.0. The van der Waals surface area contributed by atoms with Gasteiger partial charge in [-0.2, -0.15) is 15.0 Å². The molecule has 0 spiro atoms. The van der Waals surface area contributed by atoms with Gasteiger partial charge in [-0.15, -0.1) is 0 Å². The molecule has 2 N–H and O–H groups in total. The molecule has 0 unspecified atom stereocenters. The molecule has 7 nitrogen and oxygen atoms in total. The summed E-state index contributed by atoms with van der Waals surface area (Å²) < 4.78 is 4.97. The lowest BCUT2D eigenvalue weighted by molar-refractivity contribution is 0.379. The van der Waals surface area contributed by atoms with Gasteiger partial charge in [-0.25, -0.2) is 0 Å². The van der Waals surface area contributed by atoms with E-state index >= 15 is 0 Å².